The minimum absolute atomic E-state index is 0.137. The Morgan fingerprint density at radius 3 is 2.50 bits per heavy atom. The number of anilines is 1. The van der Waals surface area contributed by atoms with Gasteiger partial charge in [0.25, 0.3) is 0 Å². The molecule has 1 aromatic rings. The van der Waals surface area contributed by atoms with Gasteiger partial charge in [0.15, 0.2) is 0 Å². The number of imide groups is 1. The van der Waals surface area contributed by atoms with Crippen molar-refractivity contribution in [3.63, 3.8) is 0 Å². The summed E-state index contributed by atoms with van der Waals surface area (Å²) in [6.07, 6.45) is 1.07. The van der Waals surface area contributed by atoms with Crippen LogP contribution in [0.25, 0.3) is 0 Å². The van der Waals surface area contributed by atoms with E-state index in [2.05, 4.69) is 43.5 Å². The number of piperidine rings is 1. The lowest BCUT2D eigenvalue weighted by Gasteiger charge is -2.39. The first-order chi connectivity index (χ1) is 13.7. The molecule has 3 saturated heterocycles. The van der Waals surface area contributed by atoms with Crippen molar-refractivity contribution in [2.45, 2.75) is 32.0 Å². The summed E-state index contributed by atoms with van der Waals surface area (Å²) in [5, 5.41) is 5.84. The van der Waals surface area contributed by atoms with Crippen molar-refractivity contribution in [3.05, 3.63) is 29.3 Å². The van der Waals surface area contributed by atoms with Gasteiger partial charge in [0.1, 0.15) is 0 Å². The molecular formula is C21H29N5O2. The summed E-state index contributed by atoms with van der Waals surface area (Å²) >= 11 is 0. The molecule has 7 nitrogen and oxygen atoms in total. The van der Waals surface area contributed by atoms with Gasteiger partial charge >= 0.3 is 0 Å². The van der Waals surface area contributed by atoms with Crippen molar-refractivity contribution in [2.75, 3.05) is 50.7 Å². The fourth-order valence-electron chi connectivity index (χ4n) is 4.89. The average Bonchev–Trinajstić information content (AvgIpc) is 3.08. The lowest BCUT2D eigenvalue weighted by molar-refractivity contribution is -0.137. The monoisotopic (exact) mass is 383 g/mol. The molecule has 28 heavy (non-hydrogen) atoms. The van der Waals surface area contributed by atoms with Crippen molar-refractivity contribution in [1.82, 2.24) is 20.4 Å². The fourth-order valence-corrected chi connectivity index (χ4v) is 4.89. The third kappa shape index (κ3) is 3.54. The number of fused-ring (bicyclic) bond motifs is 1. The average molecular weight is 383 g/mol. The Balaban J connectivity index is 1.20. The van der Waals surface area contributed by atoms with Crippen LogP contribution in [0, 0.1) is 5.92 Å². The van der Waals surface area contributed by atoms with Crippen molar-refractivity contribution in [2.24, 2.45) is 5.92 Å². The molecule has 2 amide bonds. The second kappa shape index (κ2) is 7.46. The highest BCUT2D eigenvalue weighted by Gasteiger charge is 2.35. The van der Waals surface area contributed by atoms with Crippen LogP contribution in [-0.2, 0) is 22.7 Å². The Hall–Kier alpha value is -1.96. The van der Waals surface area contributed by atoms with Gasteiger partial charge in [0.05, 0.1) is 6.04 Å². The molecule has 0 spiro atoms. The summed E-state index contributed by atoms with van der Waals surface area (Å²) in [4.78, 5) is 30.9. The topological polar surface area (TPSA) is 67.9 Å². The molecule has 4 aliphatic heterocycles. The first-order valence-corrected chi connectivity index (χ1v) is 10.5. The molecule has 1 unspecified atom stereocenters. The molecule has 0 saturated carbocycles. The van der Waals surface area contributed by atoms with Crippen LogP contribution in [0.5, 0.6) is 0 Å². The van der Waals surface area contributed by atoms with E-state index in [9.17, 15) is 9.59 Å². The lowest BCUT2D eigenvalue weighted by atomic mass is 10.0. The van der Waals surface area contributed by atoms with E-state index in [0.29, 0.717) is 12.8 Å². The van der Waals surface area contributed by atoms with Crippen LogP contribution < -0.4 is 15.5 Å². The summed E-state index contributed by atoms with van der Waals surface area (Å²) in [7, 11) is 0. The highest BCUT2D eigenvalue weighted by molar-refractivity contribution is 6.00. The zero-order valence-corrected chi connectivity index (χ0v) is 16.3. The van der Waals surface area contributed by atoms with E-state index in [0.717, 1.165) is 45.2 Å². The van der Waals surface area contributed by atoms with Crippen molar-refractivity contribution in [1.29, 1.82) is 0 Å². The summed E-state index contributed by atoms with van der Waals surface area (Å²) < 4.78 is 0. The van der Waals surface area contributed by atoms with Gasteiger partial charge in [-0.3, -0.25) is 24.7 Å². The maximum Gasteiger partial charge on any atom is 0.243 e. The van der Waals surface area contributed by atoms with Crippen LogP contribution in [0.3, 0.4) is 0 Å². The smallest absolute Gasteiger partial charge is 0.243 e. The van der Waals surface area contributed by atoms with Gasteiger partial charge in [-0.15, -0.1) is 0 Å². The molecule has 7 heteroatoms. The molecule has 4 heterocycles. The number of carbonyl (C=O) groups excluding carboxylic acids is 2. The Morgan fingerprint density at radius 1 is 1.00 bits per heavy atom. The number of amides is 2. The van der Waals surface area contributed by atoms with Gasteiger partial charge in [-0.2, -0.15) is 0 Å². The zero-order valence-electron chi connectivity index (χ0n) is 16.3. The van der Waals surface area contributed by atoms with E-state index < -0.39 is 0 Å². The minimum atomic E-state index is -0.182. The van der Waals surface area contributed by atoms with Gasteiger partial charge in [-0.1, -0.05) is 6.07 Å². The van der Waals surface area contributed by atoms with Crippen LogP contribution >= 0.6 is 0 Å². The molecule has 4 aliphatic rings. The first kappa shape index (κ1) is 18.1. The lowest BCUT2D eigenvalue weighted by Crippen LogP contribution is -2.53. The fraction of sp³-hybridized carbons (Fsp3) is 0.619. The molecular weight excluding hydrogens is 354 g/mol. The maximum atomic E-state index is 12.2. The summed E-state index contributed by atoms with van der Waals surface area (Å²) in [6.45, 7) is 9.60. The predicted octanol–water partition coefficient (Wildman–Crippen LogP) is 0.149. The van der Waals surface area contributed by atoms with Crippen LogP contribution in [0.4, 0.5) is 5.69 Å². The number of rotatable bonds is 4. The van der Waals surface area contributed by atoms with Crippen LogP contribution in [-0.4, -0.2) is 73.5 Å². The number of hydrogen-bond acceptors (Lipinski definition) is 6. The van der Waals surface area contributed by atoms with Gasteiger partial charge in [-0.25, -0.2) is 0 Å². The van der Waals surface area contributed by atoms with Gasteiger partial charge in [0.2, 0.25) is 11.8 Å². The third-order valence-electron chi connectivity index (χ3n) is 6.71. The van der Waals surface area contributed by atoms with E-state index in [4.69, 9.17) is 0 Å². The van der Waals surface area contributed by atoms with E-state index in [1.165, 1.54) is 36.4 Å². The number of nitrogens with one attached hydrogen (secondary N) is 2. The molecule has 0 bridgehead atoms. The molecule has 3 fully saturated rings. The van der Waals surface area contributed by atoms with E-state index >= 15 is 0 Å². The molecule has 1 aromatic carbocycles. The Bertz CT molecular complexity index is 770. The Kier molecular flexibility index (Phi) is 4.82. The molecule has 0 radical (unpaired) electrons. The SMILES string of the molecule is O=C1CCC(N2Cc3ccc(N4CCN(CC5CNC5)CC4)cc3C2)C(=O)N1. The Morgan fingerprint density at radius 2 is 1.79 bits per heavy atom. The Labute approximate surface area is 166 Å². The maximum absolute atomic E-state index is 12.2. The van der Waals surface area contributed by atoms with E-state index in [1.807, 2.05) is 0 Å². The second-order valence-electron chi connectivity index (χ2n) is 8.64. The third-order valence-corrected chi connectivity index (χ3v) is 6.71. The predicted molar refractivity (Wildman–Crippen MR) is 107 cm³/mol. The van der Waals surface area contributed by atoms with Gasteiger partial charge < -0.3 is 10.2 Å². The van der Waals surface area contributed by atoms with Gasteiger partial charge in [-0.05, 0) is 35.6 Å². The molecule has 0 aliphatic carbocycles. The number of hydrogen-bond donors (Lipinski definition) is 2. The summed E-state index contributed by atoms with van der Waals surface area (Å²) in [5.74, 6) is 0.555. The number of carbonyl (C=O) groups is 2. The van der Waals surface area contributed by atoms with Crippen LogP contribution in [0.15, 0.2) is 18.2 Å². The van der Waals surface area contributed by atoms with Gasteiger partial charge in [0, 0.05) is 71.0 Å². The molecule has 5 rings (SSSR count). The highest BCUT2D eigenvalue weighted by atomic mass is 16.2. The normalized spacial score (nSPS) is 26.9. The number of piperazine rings is 1. The molecule has 0 aromatic heterocycles. The molecule has 1 atom stereocenters. The van der Waals surface area contributed by atoms with Crippen LogP contribution in [0.1, 0.15) is 24.0 Å². The summed E-state index contributed by atoms with van der Waals surface area (Å²) in [5.41, 5.74) is 3.93. The zero-order chi connectivity index (χ0) is 19.1. The number of nitrogens with zero attached hydrogens (tertiary/aromatic N) is 3. The van der Waals surface area contributed by atoms with Crippen molar-refractivity contribution >= 4 is 17.5 Å². The summed E-state index contributed by atoms with van der Waals surface area (Å²) in [6, 6.07) is 6.59. The minimum Gasteiger partial charge on any atom is -0.369 e. The number of benzene rings is 1. The molecule has 2 N–H and O–H groups in total. The standard InChI is InChI=1S/C21H29N5O2/c27-20-4-3-19(21(28)23-20)26-13-16-1-2-18(9-17(16)14-26)25-7-5-24(6-8-25)12-15-10-22-11-15/h1-2,9,15,19,22H,3-8,10-14H2,(H,23,27,28). The first-order valence-electron chi connectivity index (χ1n) is 10.5. The van der Waals surface area contributed by atoms with E-state index in [-0.39, 0.29) is 17.9 Å². The second-order valence-corrected chi connectivity index (χ2v) is 8.64. The highest BCUT2D eigenvalue weighted by Crippen LogP contribution is 2.30. The van der Waals surface area contributed by atoms with Crippen LogP contribution in [0.2, 0.25) is 0 Å². The quantitative estimate of drug-likeness (QED) is 0.722. The molecule has 150 valence electrons. The largest absolute Gasteiger partial charge is 0.369 e. The van der Waals surface area contributed by atoms with Crippen molar-refractivity contribution < 1.29 is 9.59 Å². The van der Waals surface area contributed by atoms with E-state index in [1.54, 1.807) is 0 Å². The van der Waals surface area contributed by atoms with Crippen molar-refractivity contribution in [3.8, 4) is 0 Å².